The number of hydrogen-bond acceptors (Lipinski definition) is 6. The molecular formula is C13H21N3O3S. The van der Waals surface area contributed by atoms with Crippen LogP contribution in [0.25, 0.3) is 0 Å². The number of thiazole rings is 1. The first-order valence-electron chi connectivity index (χ1n) is 6.71. The van der Waals surface area contributed by atoms with Crippen LogP contribution >= 0.6 is 11.3 Å². The molecule has 0 aliphatic carbocycles. The molecular weight excluding hydrogens is 278 g/mol. The average molecular weight is 299 g/mol. The Kier molecular flexibility index (Phi) is 5.47. The Bertz CT molecular complexity index is 452. The van der Waals surface area contributed by atoms with Gasteiger partial charge in [-0.05, 0) is 13.8 Å². The van der Waals surface area contributed by atoms with Crippen LogP contribution in [0.15, 0.2) is 5.38 Å². The number of rotatable bonds is 5. The van der Waals surface area contributed by atoms with Gasteiger partial charge in [-0.15, -0.1) is 11.3 Å². The van der Waals surface area contributed by atoms with Crippen molar-refractivity contribution < 1.29 is 14.3 Å². The summed E-state index contributed by atoms with van der Waals surface area (Å²) < 4.78 is 10.7. The molecule has 7 heteroatoms. The molecule has 1 fully saturated rings. The van der Waals surface area contributed by atoms with Gasteiger partial charge in [-0.1, -0.05) is 0 Å². The zero-order valence-electron chi connectivity index (χ0n) is 12.0. The largest absolute Gasteiger partial charge is 0.375 e. The second-order valence-corrected chi connectivity index (χ2v) is 5.67. The van der Waals surface area contributed by atoms with E-state index >= 15 is 0 Å². The third kappa shape index (κ3) is 3.76. The lowest BCUT2D eigenvalue weighted by Crippen LogP contribution is -2.55. The van der Waals surface area contributed by atoms with Crippen LogP contribution < -0.4 is 10.6 Å². The molecule has 20 heavy (non-hydrogen) atoms. The Morgan fingerprint density at radius 3 is 3.25 bits per heavy atom. The van der Waals surface area contributed by atoms with Crippen LogP contribution in [0.3, 0.4) is 0 Å². The van der Waals surface area contributed by atoms with E-state index in [9.17, 15) is 4.79 Å². The second-order valence-electron chi connectivity index (χ2n) is 4.78. The van der Waals surface area contributed by atoms with Gasteiger partial charge in [0.2, 0.25) is 5.91 Å². The summed E-state index contributed by atoms with van der Waals surface area (Å²) in [5, 5.41) is 8.92. The third-order valence-corrected chi connectivity index (χ3v) is 4.37. The SMILES string of the molecule is COC(C)c1nc(CNC(=O)[C@H]2NCCO[C@@H]2C)cs1. The first-order valence-corrected chi connectivity index (χ1v) is 7.59. The van der Waals surface area contributed by atoms with E-state index in [0.29, 0.717) is 19.7 Å². The molecule has 1 aliphatic heterocycles. The van der Waals surface area contributed by atoms with Gasteiger partial charge >= 0.3 is 0 Å². The molecule has 1 amide bonds. The molecule has 1 aromatic heterocycles. The van der Waals surface area contributed by atoms with Crippen molar-refractivity contribution in [3.05, 3.63) is 16.1 Å². The minimum atomic E-state index is -0.292. The van der Waals surface area contributed by atoms with E-state index in [1.807, 2.05) is 19.2 Å². The van der Waals surface area contributed by atoms with Crippen LogP contribution in [-0.4, -0.2) is 43.3 Å². The molecule has 0 spiro atoms. The number of morpholine rings is 1. The van der Waals surface area contributed by atoms with Gasteiger partial charge < -0.3 is 20.1 Å². The molecule has 0 radical (unpaired) electrons. The number of carbonyl (C=O) groups is 1. The summed E-state index contributed by atoms with van der Waals surface area (Å²) in [5.74, 6) is -0.0495. The molecule has 1 aliphatic rings. The highest BCUT2D eigenvalue weighted by Crippen LogP contribution is 2.20. The summed E-state index contributed by atoms with van der Waals surface area (Å²) in [5.41, 5.74) is 0.853. The summed E-state index contributed by atoms with van der Waals surface area (Å²) in [6, 6.07) is -0.292. The predicted octanol–water partition coefficient (Wildman–Crippen LogP) is 0.844. The van der Waals surface area contributed by atoms with Crippen LogP contribution in [0.5, 0.6) is 0 Å². The Labute approximate surface area is 122 Å². The summed E-state index contributed by atoms with van der Waals surface area (Å²) in [6.07, 6.45) is -0.124. The Hall–Kier alpha value is -1.02. The van der Waals surface area contributed by atoms with Gasteiger partial charge in [-0.3, -0.25) is 4.79 Å². The quantitative estimate of drug-likeness (QED) is 0.843. The van der Waals surface area contributed by atoms with Crippen LogP contribution in [0.1, 0.15) is 30.7 Å². The molecule has 0 bridgehead atoms. The monoisotopic (exact) mass is 299 g/mol. The van der Waals surface area contributed by atoms with E-state index in [-0.39, 0.29) is 24.2 Å². The van der Waals surface area contributed by atoms with Crippen molar-refractivity contribution in [3.63, 3.8) is 0 Å². The maximum Gasteiger partial charge on any atom is 0.240 e. The maximum atomic E-state index is 12.1. The number of amides is 1. The molecule has 3 atom stereocenters. The molecule has 0 aromatic carbocycles. The van der Waals surface area contributed by atoms with Crippen molar-refractivity contribution in [2.24, 2.45) is 0 Å². The standard InChI is InChI=1S/C13H21N3O3S/c1-8-11(14-4-5-19-8)12(17)15-6-10-7-20-13(16-10)9(2)18-3/h7-9,11,14H,4-6H2,1-3H3,(H,15,17)/t8-,9?,11+/m1/s1. The maximum absolute atomic E-state index is 12.1. The fraction of sp³-hybridized carbons (Fsp3) is 0.692. The highest BCUT2D eigenvalue weighted by molar-refractivity contribution is 7.09. The predicted molar refractivity (Wildman–Crippen MR) is 76.6 cm³/mol. The van der Waals surface area contributed by atoms with Crippen LogP contribution in [-0.2, 0) is 20.8 Å². The smallest absolute Gasteiger partial charge is 0.240 e. The Morgan fingerprint density at radius 2 is 2.55 bits per heavy atom. The van der Waals surface area contributed by atoms with E-state index in [4.69, 9.17) is 9.47 Å². The molecule has 1 unspecified atom stereocenters. The first-order chi connectivity index (χ1) is 9.61. The zero-order valence-corrected chi connectivity index (χ0v) is 12.8. The van der Waals surface area contributed by atoms with Gasteiger partial charge in [0.25, 0.3) is 0 Å². The number of nitrogens with one attached hydrogen (secondary N) is 2. The van der Waals surface area contributed by atoms with Crippen molar-refractivity contribution in [2.45, 2.75) is 38.6 Å². The number of hydrogen-bond donors (Lipinski definition) is 2. The number of ether oxygens (including phenoxy) is 2. The summed E-state index contributed by atoms with van der Waals surface area (Å²) in [6.45, 7) is 5.63. The summed E-state index contributed by atoms with van der Waals surface area (Å²) in [4.78, 5) is 16.5. The van der Waals surface area contributed by atoms with E-state index in [0.717, 1.165) is 10.7 Å². The van der Waals surface area contributed by atoms with Crippen molar-refractivity contribution in [2.75, 3.05) is 20.3 Å². The molecule has 0 saturated carbocycles. The van der Waals surface area contributed by atoms with Crippen molar-refractivity contribution >= 4 is 17.2 Å². The molecule has 2 heterocycles. The van der Waals surface area contributed by atoms with Crippen molar-refractivity contribution in [1.29, 1.82) is 0 Å². The number of methoxy groups -OCH3 is 1. The van der Waals surface area contributed by atoms with E-state index in [2.05, 4.69) is 15.6 Å². The molecule has 1 saturated heterocycles. The Balaban J connectivity index is 1.85. The van der Waals surface area contributed by atoms with Gasteiger partial charge in [-0.25, -0.2) is 4.98 Å². The third-order valence-electron chi connectivity index (χ3n) is 3.31. The zero-order chi connectivity index (χ0) is 14.5. The number of carbonyl (C=O) groups excluding carboxylic acids is 1. The molecule has 112 valence electrons. The minimum absolute atomic E-state index is 0.0158. The fourth-order valence-electron chi connectivity index (χ4n) is 2.01. The normalized spacial score (nSPS) is 24.4. The average Bonchev–Trinajstić information content (AvgIpc) is 2.93. The van der Waals surface area contributed by atoms with Gasteiger partial charge in [0, 0.05) is 19.0 Å². The summed E-state index contributed by atoms with van der Waals surface area (Å²) in [7, 11) is 1.66. The molecule has 6 nitrogen and oxygen atoms in total. The lowest BCUT2D eigenvalue weighted by Gasteiger charge is -2.29. The van der Waals surface area contributed by atoms with Crippen LogP contribution in [0.2, 0.25) is 0 Å². The van der Waals surface area contributed by atoms with Gasteiger partial charge in [0.15, 0.2) is 0 Å². The molecule has 2 N–H and O–H groups in total. The van der Waals surface area contributed by atoms with E-state index in [1.165, 1.54) is 0 Å². The van der Waals surface area contributed by atoms with Gasteiger partial charge in [0.05, 0.1) is 24.9 Å². The highest BCUT2D eigenvalue weighted by atomic mass is 32.1. The molecule has 1 aromatic rings. The molecule has 2 rings (SSSR count). The lowest BCUT2D eigenvalue weighted by molar-refractivity contribution is -0.129. The van der Waals surface area contributed by atoms with E-state index in [1.54, 1.807) is 18.4 Å². The lowest BCUT2D eigenvalue weighted by atomic mass is 10.1. The highest BCUT2D eigenvalue weighted by Gasteiger charge is 2.28. The Morgan fingerprint density at radius 1 is 1.75 bits per heavy atom. The van der Waals surface area contributed by atoms with Gasteiger partial charge in [0.1, 0.15) is 17.2 Å². The van der Waals surface area contributed by atoms with E-state index < -0.39 is 0 Å². The first kappa shape index (κ1) is 15.4. The fourth-order valence-corrected chi connectivity index (χ4v) is 2.86. The number of nitrogens with zero attached hydrogens (tertiary/aromatic N) is 1. The summed E-state index contributed by atoms with van der Waals surface area (Å²) >= 11 is 1.54. The van der Waals surface area contributed by atoms with Crippen LogP contribution in [0.4, 0.5) is 0 Å². The van der Waals surface area contributed by atoms with Crippen molar-refractivity contribution in [1.82, 2.24) is 15.6 Å². The number of aromatic nitrogens is 1. The van der Waals surface area contributed by atoms with Crippen LogP contribution in [0, 0.1) is 0 Å². The minimum Gasteiger partial charge on any atom is -0.375 e. The van der Waals surface area contributed by atoms with Crippen molar-refractivity contribution in [3.8, 4) is 0 Å². The van der Waals surface area contributed by atoms with Gasteiger partial charge in [-0.2, -0.15) is 0 Å². The second kappa shape index (κ2) is 7.12. The topological polar surface area (TPSA) is 72.5 Å².